The third kappa shape index (κ3) is 9.82. The van der Waals surface area contributed by atoms with Crippen molar-refractivity contribution in [3.05, 3.63) is 82.2 Å². The number of hydrogen-bond acceptors (Lipinski definition) is 8. The maximum atomic E-state index is 14.0. The van der Waals surface area contributed by atoms with Gasteiger partial charge in [-0.25, -0.2) is 19.6 Å². The topological polar surface area (TPSA) is 96.9 Å². The first-order chi connectivity index (χ1) is 25.5. The number of halogens is 9. The molecule has 0 unspecified atom stereocenters. The number of rotatable bonds is 11. The molecule has 3 heterocycles. The second-order valence-corrected chi connectivity index (χ2v) is 12.8. The van der Waals surface area contributed by atoms with E-state index < -0.39 is 59.8 Å². The molecule has 0 aliphatic carbocycles. The Bertz CT molecular complexity index is 1810. The summed E-state index contributed by atoms with van der Waals surface area (Å²) in [5.74, 6) is 1.51. The molecular weight excluding hydrogens is 737 g/mol. The van der Waals surface area contributed by atoms with Crippen molar-refractivity contribution >= 4 is 29.4 Å². The van der Waals surface area contributed by atoms with Gasteiger partial charge in [0.1, 0.15) is 5.94 Å². The Morgan fingerprint density at radius 2 is 1.61 bits per heavy atom. The van der Waals surface area contributed by atoms with Gasteiger partial charge in [0.25, 0.3) is 0 Å². The summed E-state index contributed by atoms with van der Waals surface area (Å²) in [5.41, 5.74) is -3.68. The molecule has 1 saturated heterocycles. The number of alkyl halides is 9. The highest BCUT2D eigenvalue weighted by atomic mass is 19.4. The number of nitrogens with zero attached hydrogens (tertiary/aromatic N) is 4. The lowest BCUT2D eigenvalue weighted by Gasteiger charge is -2.40. The van der Waals surface area contributed by atoms with Crippen LogP contribution in [0.2, 0.25) is 0 Å². The van der Waals surface area contributed by atoms with E-state index in [1.807, 2.05) is 0 Å². The smallest absolute Gasteiger partial charge is 0.416 e. The van der Waals surface area contributed by atoms with Gasteiger partial charge in [0.15, 0.2) is 0 Å². The van der Waals surface area contributed by atoms with Crippen LogP contribution in [-0.2, 0) is 39.2 Å². The Kier molecular flexibility index (Phi) is 12.5. The first kappa shape index (κ1) is 40.4. The molecule has 0 saturated carbocycles. The molecule has 1 fully saturated rings. The van der Waals surface area contributed by atoms with Gasteiger partial charge in [-0.05, 0) is 85.7 Å². The highest BCUT2D eigenvalue weighted by Crippen LogP contribution is 2.43. The fraction of sp³-hybridized carbons (Fsp3) is 0.472. The summed E-state index contributed by atoms with van der Waals surface area (Å²) < 4.78 is 135. The molecule has 1 N–H and O–H groups in total. The number of carbonyl (C=O) groups is 1. The molecule has 2 aliphatic rings. The summed E-state index contributed by atoms with van der Waals surface area (Å²) >= 11 is 0. The summed E-state index contributed by atoms with van der Waals surface area (Å²) in [6.45, 7) is 3.01. The van der Waals surface area contributed by atoms with E-state index in [0.717, 1.165) is 12.1 Å². The van der Waals surface area contributed by atoms with Crippen LogP contribution in [-0.4, -0.2) is 61.0 Å². The minimum atomic E-state index is -5.07. The van der Waals surface area contributed by atoms with Gasteiger partial charge >= 0.3 is 24.6 Å². The number of benzene rings is 2. The zero-order valence-corrected chi connectivity index (χ0v) is 28.9. The molecule has 2 aromatic carbocycles. The Morgan fingerprint density at radius 3 is 2.22 bits per heavy atom. The monoisotopic (exact) mass is 773 g/mol. The molecule has 2 atom stereocenters. The van der Waals surface area contributed by atoms with Crippen LogP contribution in [0, 0.1) is 0 Å². The number of allylic oxidation sites excluding steroid dienone is 1. The van der Waals surface area contributed by atoms with Crippen LogP contribution >= 0.6 is 0 Å². The predicted molar refractivity (Wildman–Crippen MR) is 179 cm³/mol. The van der Waals surface area contributed by atoms with E-state index in [4.69, 9.17) is 9.47 Å². The van der Waals surface area contributed by atoms with Crippen LogP contribution in [0.3, 0.4) is 0 Å². The molecule has 1 aromatic heterocycles. The predicted octanol–water partition coefficient (Wildman–Crippen LogP) is 8.80. The Hall–Kier alpha value is -4.83. The van der Waals surface area contributed by atoms with Crippen molar-refractivity contribution in [3.8, 4) is 0 Å². The van der Waals surface area contributed by atoms with Crippen LogP contribution in [0.4, 0.5) is 61.6 Å². The number of unbranched alkanes of at least 4 members (excludes halogenated alkanes) is 2. The van der Waals surface area contributed by atoms with Gasteiger partial charge < -0.3 is 19.7 Å². The van der Waals surface area contributed by atoms with E-state index in [-0.39, 0.29) is 60.8 Å². The average Bonchev–Trinajstić information content (AvgIpc) is 3.12. The number of aromatic nitrogens is 2. The molecule has 292 valence electrons. The Morgan fingerprint density at radius 1 is 0.944 bits per heavy atom. The van der Waals surface area contributed by atoms with Gasteiger partial charge in [0.05, 0.1) is 65.8 Å². The summed E-state index contributed by atoms with van der Waals surface area (Å²) in [6, 6.07) is 2.69. The van der Waals surface area contributed by atoms with Crippen molar-refractivity contribution in [2.45, 2.75) is 76.1 Å². The molecule has 3 aromatic rings. The van der Waals surface area contributed by atoms with Gasteiger partial charge in [0, 0.05) is 25.6 Å². The van der Waals surface area contributed by atoms with E-state index in [1.165, 1.54) is 23.2 Å². The average molecular weight is 774 g/mol. The lowest BCUT2D eigenvalue weighted by Crippen LogP contribution is -2.46. The largest absolute Gasteiger partial charge is 0.449 e. The standard InChI is InChI=1S/C36H36F9N5O4/c1-2-26-20-28(27-19-23(34(37,38)39)7-8-30(27)50(26)33(52)54-12-6-4-3-5-11-51)47-32-46-21-31(49-9-13-53-14-10-49)29(48-32)17-22-15-24(35(40,41)42)18-25(16-22)36(43,44)45/h5,7-8,15-16,18-19,21,26,28H,2-4,6,9-10,12-14,17,20H2,1H3,(H,46,47,48)/t26-,28+/m1/s1. The first-order valence-corrected chi connectivity index (χ1v) is 17.1. The zero-order chi connectivity index (χ0) is 39.3. The Labute approximate surface area is 304 Å². The van der Waals surface area contributed by atoms with E-state index in [9.17, 15) is 49.1 Å². The first-order valence-electron chi connectivity index (χ1n) is 17.1. The third-order valence-electron chi connectivity index (χ3n) is 9.10. The number of fused-ring (bicyclic) bond motifs is 1. The van der Waals surface area contributed by atoms with Gasteiger partial charge in [-0.3, -0.25) is 4.90 Å². The van der Waals surface area contributed by atoms with Gasteiger partial charge in [-0.15, -0.1) is 0 Å². The molecule has 0 spiro atoms. The number of nitrogens with one attached hydrogen (secondary N) is 1. The summed E-state index contributed by atoms with van der Waals surface area (Å²) in [6.07, 6.45) is -11.7. The van der Waals surface area contributed by atoms with E-state index >= 15 is 0 Å². The van der Waals surface area contributed by atoms with Crippen molar-refractivity contribution < 1.29 is 58.6 Å². The lowest BCUT2D eigenvalue weighted by molar-refractivity contribution is -0.143. The SMILES string of the molecule is CC[C@@H]1C[C@H](Nc2ncc(N3CCOCC3)c(Cc3cc(C(F)(F)F)cc(C(F)(F)F)c3)n2)c2cc(C(F)(F)F)ccc2N1C(=O)OCCCCC=C=O. The van der Waals surface area contributed by atoms with Crippen LogP contribution in [0.5, 0.6) is 0 Å². The van der Waals surface area contributed by atoms with Crippen LogP contribution in [0.1, 0.15) is 78.6 Å². The molecule has 0 bridgehead atoms. The second kappa shape index (κ2) is 16.7. The minimum absolute atomic E-state index is 0.00143. The molecule has 0 radical (unpaired) electrons. The maximum absolute atomic E-state index is 14.0. The molecule has 18 heteroatoms. The van der Waals surface area contributed by atoms with Gasteiger partial charge in [-0.1, -0.05) is 6.92 Å². The number of morpholine rings is 1. The van der Waals surface area contributed by atoms with Crippen molar-refractivity contribution in [1.82, 2.24) is 9.97 Å². The molecule has 9 nitrogen and oxygen atoms in total. The highest BCUT2D eigenvalue weighted by molar-refractivity contribution is 5.90. The molecule has 54 heavy (non-hydrogen) atoms. The van der Waals surface area contributed by atoms with Crippen molar-refractivity contribution in [1.29, 1.82) is 0 Å². The van der Waals surface area contributed by atoms with E-state index in [1.54, 1.807) is 17.8 Å². The summed E-state index contributed by atoms with van der Waals surface area (Å²) in [4.78, 5) is 35.7. The highest BCUT2D eigenvalue weighted by Gasteiger charge is 2.40. The molecule has 1 amide bonds. The molecule has 5 rings (SSSR count). The molecular formula is C36H36F9N5O4. The second-order valence-electron chi connectivity index (χ2n) is 12.8. The number of ether oxygens (including phenoxy) is 2. The number of anilines is 3. The number of amides is 1. The quantitative estimate of drug-likeness (QED) is 0.117. The van der Waals surface area contributed by atoms with E-state index in [2.05, 4.69) is 15.3 Å². The number of hydrogen-bond donors (Lipinski definition) is 1. The van der Waals surface area contributed by atoms with Gasteiger partial charge in [0.2, 0.25) is 5.95 Å². The van der Waals surface area contributed by atoms with Crippen molar-refractivity contribution in [3.63, 3.8) is 0 Å². The third-order valence-corrected chi connectivity index (χ3v) is 9.10. The van der Waals surface area contributed by atoms with Crippen molar-refractivity contribution in [2.75, 3.05) is 48.0 Å². The Balaban J connectivity index is 1.52. The fourth-order valence-electron chi connectivity index (χ4n) is 6.45. The minimum Gasteiger partial charge on any atom is -0.449 e. The summed E-state index contributed by atoms with van der Waals surface area (Å²) in [5, 5.41) is 3.03. The van der Waals surface area contributed by atoms with Crippen LogP contribution in [0.25, 0.3) is 0 Å². The maximum Gasteiger partial charge on any atom is 0.416 e. The summed E-state index contributed by atoms with van der Waals surface area (Å²) in [7, 11) is 0. The van der Waals surface area contributed by atoms with Crippen LogP contribution < -0.4 is 15.1 Å². The lowest BCUT2D eigenvalue weighted by atomic mass is 9.89. The van der Waals surface area contributed by atoms with Crippen molar-refractivity contribution in [2.24, 2.45) is 0 Å². The van der Waals surface area contributed by atoms with Gasteiger partial charge in [-0.2, -0.15) is 39.5 Å². The normalized spacial score (nSPS) is 17.8. The fourth-order valence-corrected chi connectivity index (χ4v) is 6.45. The van der Waals surface area contributed by atoms with E-state index in [0.29, 0.717) is 56.6 Å². The molecule has 2 aliphatic heterocycles. The van der Waals surface area contributed by atoms with Crippen LogP contribution in [0.15, 0.2) is 48.7 Å². The zero-order valence-electron chi connectivity index (χ0n) is 28.9. The number of carbonyl (C=O) groups excluding carboxylic acids is 2.